The van der Waals surface area contributed by atoms with Crippen LogP contribution in [0.3, 0.4) is 0 Å². The fraction of sp³-hybridized carbons (Fsp3) is 0.400. The summed E-state index contributed by atoms with van der Waals surface area (Å²) in [5, 5.41) is 3.51. The van der Waals surface area contributed by atoms with Crippen molar-refractivity contribution in [3.05, 3.63) is 45.3 Å². The first-order valence-electron chi connectivity index (χ1n) is 6.40. The van der Waals surface area contributed by atoms with Gasteiger partial charge in [-0.2, -0.15) is 0 Å². The van der Waals surface area contributed by atoms with E-state index in [1.165, 1.54) is 15.3 Å². The molecule has 0 saturated carbocycles. The Morgan fingerprint density at radius 3 is 2.79 bits per heavy atom. The van der Waals surface area contributed by atoms with Gasteiger partial charge in [0.25, 0.3) is 0 Å². The highest BCUT2D eigenvalue weighted by Crippen LogP contribution is 2.26. The molecule has 0 aromatic carbocycles. The molecule has 2 aromatic heterocycles. The monoisotopic (exact) mass is 276 g/mol. The quantitative estimate of drug-likeness (QED) is 0.905. The average molecular weight is 276 g/mol. The number of rotatable bonds is 5. The lowest BCUT2D eigenvalue weighted by molar-refractivity contribution is 0.395. The van der Waals surface area contributed by atoms with Crippen LogP contribution in [-0.4, -0.2) is 12.1 Å². The molecule has 0 aliphatic carbocycles. The third-order valence-corrected chi connectivity index (χ3v) is 4.11. The highest BCUT2D eigenvalue weighted by molar-refractivity contribution is 7.12. The number of hydrogen-bond donors (Lipinski definition) is 1. The molecule has 1 atom stereocenters. The van der Waals surface area contributed by atoms with E-state index in [2.05, 4.69) is 37.1 Å². The Morgan fingerprint density at radius 1 is 1.37 bits per heavy atom. The van der Waals surface area contributed by atoms with Gasteiger partial charge in [-0.3, -0.25) is 0 Å². The predicted molar refractivity (Wildman–Crippen MR) is 79.8 cm³/mol. The van der Waals surface area contributed by atoms with Gasteiger partial charge in [0.15, 0.2) is 0 Å². The van der Waals surface area contributed by atoms with Crippen LogP contribution in [0.15, 0.2) is 24.3 Å². The maximum atomic E-state index is 5.13. The van der Waals surface area contributed by atoms with Gasteiger partial charge >= 0.3 is 0 Å². The molecular weight excluding hydrogens is 256 g/mol. The normalized spacial score (nSPS) is 12.4. The summed E-state index contributed by atoms with van der Waals surface area (Å²) in [6.45, 7) is 7.26. The Morgan fingerprint density at radius 2 is 2.16 bits per heavy atom. The van der Waals surface area contributed by atoms with E-state index in [0.29, 0.717) is 11.9 Å². The summed E-state index contributed by atoms with van der Waals surface area (Å²) < 4.78 is 5.13. The van der Waals surface area contributed by atoms with Crippen molar-refractivity contribution >= 4 is 11.3 Å². The first-order chi connectivity index (χ1) is 9.10. The Balaban J connectivity index is 2.00. The lowest BCUT2D eigenvalue weighted by Crippen LogP contribution is -2.19. The van der Waals surface area contributed by atoms with Gasteiger partial charge in [0.05, 0.1) is 12.8 Å². The van der Waals surface area contributed by atoms with Crippen molar-refractivity contribution < 1.29 is 4.74 Å². The van der Waals surface area contributed by atoms with Crippen molar-refractivity contribution in [3.63, 3.8) is 0 Å². The van der Waals surface area contributed by atoms with Crippen LogP contribution < -0.4 is 10.1 Å². The summed E-state index contributed by atoms with van der Waals surface area (Å²) >= 11 is 1.85. The number of pyridine rings is 1. The molecule has 102 valence electrons. The zero-order valence-electron chi connectivity index (χ0n) is 11.9. The van der Waals surface area contributed by atoms with E-state index in [0.717, 1.165) is 12.2 Å². The minimum atomic E-state index is 0.331. The summed E-state index contributed by atoms with van der Waals surface area (Å²) in [4.78, 5) is 7.15. The van der Waals surface area contributed by atoms with Gasteiger partial charge in [-0.25, -0.2) is 4.98 Å². The van der Waals surface area contributed by atoms with E-state index < -0.39 is 0 Å². The van der Waals surface area contributed by atoms with Crippen LogP contribution in [0.25, 0.3) is 0 Å². The molecule has 0 aliphatic heterocycles. The summed E-state index contributed by atoms with van der Waals surface area (Å²) in [5.41, 5.74) is 2.38. The van der Waals surface area contributed by atoms with Gasteiger partial charge in [-0.15, -0.1) is 11.3 Å². The molecule has 0 amide bonds. The van der Waals surface area contributed by atoms with E-state index >= 15 is 0 Å². The van der Waals surface area contributed by atoms with Crippen LogP contribution in [0.4, 0.5) is 0 Å². The number of aryl methyl sites for hydroxylation is 2. The van der Waals surface area contributed by atoms with Crippen LogP contribution in [0.5, 0.6) is 5.88 Å². The van der Waals surface area contributed by atoms with Crippen molar-refractivity contribution in [2.24, 2.45) is 0 Å². The molecule has 1 N–H and O–H groups in total. The topological polar surface area (TPSA) is 34.1 Å². The summed E-state index contributed by atoms with van der Waals surface area (Å²) in [5.74, 6) is 0.662. The van der Waals surface area contributed by atoms with Crippen LogP contribution in [0, 0.1) is 13.8 Å². The van der Waals surface area contributed by atoms with Crippen LogP contribution in [0.1, 0.15) is 34.0 Å². The molecule has 19 heavy (non-hydrogen) atoms. The second kappa shape index (κ2) is 6.17. The van der Waals surface area contributed by atoms with Crippen molar-refractivity contribution in [2.45, 2.75) is 33.4 Å². The highest BCUT2D eigenvalue weighted by Gasteiger charge is 2.11. The van der Waals surface area contributed by atoms with Crippen LogP contribution in [-0.2, 0) is 6.54 Å². The maximum absolute atomic E-state index is 5.13. The first-order valence-corrected chi connectivity index (χ1v) is 7.22. The Hall–Kier alpha value is -1.39. The number of nitrogens with one attached hydrogen (secondary N) is 1. The largest absolute Gasteiger partial charge is 0.481 e. The summed E-state index contributed by atoms with van der Waals surface area (Å²) in [7, 11) is 1.64. The smallest absolute Gasteiger partial charge is 0.213 e. The fourth-order valence-corrected chi connectivity index (χ4v) is 3.14. The third kappa shape index (κ3) is 3.55. The zero-order chi connectivity index (χ0) is 13.8. The second-order valence-corrected chi connectivity index (χ2v) is 6.10. The molecule has 0 bridgehead atoms. The molecule has 0 fully saturated rings. The molecule has 3 nitrogen and oxygen atoms in total. The number of methoxy groups -OCH3 is 1. The molecule has 4 heteroatoms. The minimum absolute atomic E-state index is 0.331. The van der Waals surface area contributed by atoms with E-state index in [1.54, 1.807) is 7.11 Å². The maximum Gasteiger partial charge on any atom is 0.213 e. The second-order valence-electron chi connectivity index (χ2n) is 4.64. The lowest BCUT2D eigenvalue weighted by atomic mass is 10.1. The van der Waals surface area contributed by atoms with Gasteiger partial charge < -0.3 is 10.1 Å². The summed E-state index contributed by atoms with van der Waals surface area (Å²) in [6, 6.07) is 8.43. The van der Waals surface area contributed by atoms with E-state index in [-0.39, 0.29) is 0 Å². The van der Waals surface area contributed by atoms with E-state index in [1.807, 2.05) is 29.5 Å². The summed E-state index contributed by atoms with van der Waals surface area (Å²) in [6.07, 6.45) is 0. The molecule has 2 rings (SSSR count). The minimum Gasteiger partial charge on any atom is -0.481 e. The van der Waals surface area contributed by atoms with Crippen molar-refractivity contribution in [1.29, 1.82) is 0 Å². The molecule has 2 aromatic rings. The third-order valence-electron chi connectivity index (χ3n) is 3.13. The Kier molecular flexibility index (Phi) is 4.56. The van der Waals surface area contributed by atoms with Gasteiger partial charge in [0.1, 0.15) is 0 Å². The number of nitrogens with zero attached hydrogens (tertiary/aromatic N) is 1. The van der Waals surface area contributed by atoms with Gasteiger partial charge in [0.2, 0.25) is 5.88 Å². The van der Waals surface area contributed by atoms with Crippen molar-refractivity contribution in [2.75, 3.05) is 7.11 Å². The van der Waals surface area contributed by atoms with Crippen LogP contribution >= 0.6 is 11.3 Å². The van der Waals surface area contributed by atoms with E-state index in [4.69, 9.17) is 4.74 Å². The van der Waals surface area contributed by atoms with Crippen LogP contribution in [0.2, 0.25) is 0 Å². The predicted octanol–water partition coefficient (Wildman–Crippen LogP) is 3.62. The zero-order valence-corrected chi connectivity index (χ0v) is 12.7. The first kappa shape index (κ1) is 14.0. The fourth-order valence-electron chi connectivity index (χ4n) is 2.12. The lowest BCUT2D eigenvalue weighted by Gasteiger charge is -2.13. The molecule has 0 radical (unpaired) electrons. The van der Waals surface area contributed by atoms with Gasteiger partial charge in [0, 0.05) is 28.4 Å². The van der Waals surface area contributed by atoms with Gasteiger partial charge in [-0.1, -0.05) is 6.07 Å². The van der Waals surface area contributed by atoms with Gasteiger partial charge in [-0.05, 0) is 38.5 Å². The molecular formula is C15H20N2OS. The van der Waals surface area contributed by atoms with Crippen molar-refractivity contribution in [1.82, 2.24) is 10.3 Å². The van der Waals surface area contributed by atoms with Crippen molar-refractivity contribution in [3.8, 4) is 5.88 Å². The standard InChI is InChI=1S/C15H20N2OS/c1-10-8-14(12(3)19-10)11(2)16-9-13-6-5-7-15(17-13)18-4/h5-8,11,16H,9H2,1-4H3. The number of hydrogen-bond acceptors (Lipinski definition) is 4. The number of ether oxygens (including phenoxy) is 1. The number of thiophene rings is 1. The average Bonchev–Trinajstić information content (AvgIpc) is 2.75. The van der Waals surface area contributed by atoms with E-state index in [9.17, 15) is 0 Å². The SMILES string of the molecule is COc1cccc(CNC(C)c2cc(C)sc2C)n1. The number of aromatic nitrogens is 1. The highest BCUT2D eigenvalue weighted by atomic mass is 32.1. The Labute approximate surface area is 118 Å². The molecule has 1 unspecified atom stereocenters. The molecule has 2 heterocycles. The Bertz CT molecular complexity index is 551. The molecule has 0 aliphatic rings. The molecule has 0 saturated heterocycles. The molecule has 0 spiro atoms.